The SMILES string of the molecule is COC(=O)COC(=O)COCC(=O)OCC(=O)Oc1ccc2cc(C(C)C(=O)OCC(=O)OCCCCO[N+](=O)[O-])ccc2c1. The second kappa shape index (κ2) is 19.1. The molecule has 0 N–H and O–H groups in total. The molecule has 0 aliphatic carbocycles. The zero-order chi connectivity index (χ0) is 33.2. The Hall–Kier alpha value is -5.32. The molecule has 244 valence electrons. The third-order valence-electron chi connectivity index (χ3n) is 5.62. The monoisotopic (exact) mass is 637 g/mol. The maximum Gasteiger partial charge on any atom is 0.349 e. The molecule has 1 unspecified atom stereocenters. The predicted octanol–water partition coefficient (Wildman–Crippen LogP) is 1.20. The van der Waals surface area contributed by atoms with Crippen LogP contribution in [0.5, 0.6) is 5.75 Å². The van der Waals surface area contributed by atoms with Crippen LogP contribution in [-0.2, 0) is 62.0 Å². The van der Waals surface area contributed by atoms with Crippen LogP contribution in [0.15, 0.2) is 36.4 Å². The lowest BCUT2D eigenvalue weighted by Crippen LogP contribution is -2.24. The van der Waals surface area contributed by atoms with Gasteiger partial charge in [0.15, 0.2) is 19.8 Å². The van der Waals surface area contributed by atoms with E-state index in [9.17, 15) is 38.9 Å². The molecule has 2 rings (SSSR count). The van der Waals surface area contributed by atoms with E-state index in [0.29, 0.717) is 29.2 Å². The van der Waals surface area contributed by atoms with Gasteiger partial charge in [-0.05, 0) is 48.2 Å². The predicted molar refractivity (Wildman–Crippen MR) is 147 cm³/mol. The highest BCUT2D eigenvalue weighted by atomic mass is 16.9. The third-order valence-corrected chi connectivity index (χ3v) is 5.62. The van der Waals surface area contributed by atoms with E-state index in [1.54, 1.807) is 37.3 Å². The van der Waals surface area contributed by atoms with Gasteiger partial charge in [0.1, 0.15) is 19.0 Å². The van der Waals surface area contributed by atoms with Crippen LogP contribution < -0.4 is 4.74 Å². The average molecular weight is 638 g/mol. The summed E-state index contributed by atoms with van der Waals surface area (Å²) in [6.07, 6.45) is 0.654. The molecule has 1 atom stereocenters. The highest BCUT2D eigenvalue weighted by Crippen LogP contribution is 2.26. The van der Waals surface area contributed by atoms with E-state index in [1.165, 1.54) is 6.07 Å². The second-order valence-electron chi connectivity index (χ2n) is 8.95. The van der Waals surface area contributed by atoms with Gasteiger partial charge in [0.05, 0.1) is 26.2 Å². The van der Waals surface area contributed by atoms with Crippen LogP contribution in [0.3, 0.4) is 0 Å². The smallest absolute Gasteiger partial charge is 0.349 e. The molecule has 0 aliphatic rings. The molecule has 0 saturated heterocycles. The van der Waals surface area contributed by atoms with Crippen molar-refractivity contribution >= 4 is 46.6 Å². The lowest BCUT2D eigenvalue weighted by molar-refractivity contribution is -0.757. The number of ether oxygens (including phenoxy) is 7. The quantitative estimate of drug-likeness (QED) is 0.0527. The first kappa shape index (κ1) is 35.9. The number of methoxy groups -OCH3 is 1. The van der Waals surface area contributed by atoms with E-state index in [-0.39, 0.29) is 19.0 Å². The number of hydrogen-bond donors (Lipinski definition) is 0. The normalized spacial score (nSPS) is 11.1. The first-order valence-corrected chi connectivity index (χ1v) is 13.3. The molecule has 0 amide bonds. The summed E-state index contributed by atoms with van der Waals surface area (Å²) in [4.78, 5) is 84.5. The maximum atomic E-state index is 12.4. The Morgan fingerprint density at radius 2 is 1.29 bits per heavy atom. The maximum absolute atomic E-state index is 12.4. The second-order valence-corrected chi connectivity index (χ2v) is 8.95. The molecule has 17 nitrogen and oxygen atoms in total. The van der Waals surface area contributed by atoms with Gasteiger partial charge >= 0.3 is 35.8 Å². The molecular formula is C28H31NO16. The summed E-state index contributed by atoms with van der Waals surface area (Å²) in [5.41, 5.74) is 0.599. The summed E-state index contributed by atoms with van der Waals surface area (Å²) < 4.78 is 33.5. The number of benzene rings is 2. The molecule has 17 heteroatoms. The van der Waals surface area contributed by atoms with E-state index in [0.717, 1.165) is 7.11 Å². The molecule has 2 aromatic carbocycles. The molecule has 0 aromatic heterocycles. The van der Waals surface area contributed by atoms with Crippen LogP contribution in [0.4, 0.5) is 0 Å². The van der Waals surface area contributed by atoms with Crippen LogP contribution in [-0.4, -0.2) is 94.3 Å². The van der Waals surface area contributed by atoms with Crippen molar-refractivity contribution in [1.29, 1.82) is 0 Å². The molecule has 0 aliphatic heterocycles. The third kappa shape index (κ3) is 14.1. The molecule has 0 fully saturated rings. The van der Waals surface area contributed by atoms with Crippen molar-refractivity contribution in [2.45, 2.75) is 25.7 Å². The topological polar surface area (TPSA) is 219 Å². The van der Waals surface area contributed by atoms with Crippen molar-refractivity contribution in [2.75, 3.05) is 53.4 Å². The minimum Gasteiger partial charge on any atom is -0.466 e. The molecule has 0 bridgehead atoms. The van der Waals surface area contributed by atoms with E-state index in [1.807, 2.05) is 0 Å². The Morgan fingerprint density at radius 1 is 0.711 bits per heavy atom. The first-order chi connectivity index (χ1) is 21.5. The van der Waals surface area contributed by atoms with Crippen molar-refractivity contribution in [1.82, 2.24) is 0 Å². The average Bonchev–Trinajstić information content (AvgIpc) is 3.02. The van der Waals surface area contributed by atoms with Gasteiger partial charge in [-0.15, -0.1) is 10.1 Å². The summed E-state index contributed by atoms with van der Waals surface area (Å²) in [6.45, 7) is -1.71. The van der Waals surface area contributed by atoms with Gasteiger partial charge < -0.3 is 38.0 Å². The minimum atomic E-state index is -0.943. The molecular weight excluding hydrogens is 606 g/mol. The van der Waals surface area contributed by atoms with Crippen molar-refractivity contribution in [2.24, 2.45) is 0 Å². The van der Waals surface area contributed by atoms with E-state index < -0.39 is 79.9 Å². The number of unbranched alkanes of at least 4 members (excludes halogenated alkanes) is 1. The molecule has 0 radical (unpaired) electrons. The Labute approximate surface area is 255 Å². The van der Waals surface area contributed by atoms with Crippen LogP contribution in [0.1, 0.15) is 31.2 Å². The number of hydrogen-bond acceptors (Lipinski definition) is 16. The number of rotatable bonds is 19. The van der Waals surface area contributed by atoms with Crippen LogP contribution in [0, 0.1) is 10.1 Å². The standard InChI is InChI=1S/C28H31NO16/c1-18(28(35)43-16-26(33)40-9-3-4-10-44-29(36)37)19-5-6-21-12-22(8-7-20(21)11-19)45-27(34)17-42-25(32)14-39-13-24(31)41-15-23(30)38-2/h5-8,11-12,18H,3-4,9-10,13-17H2,1-2H3. The number of nitrogens with zero attached hydrogens (tertiary/aromatic N) is 1. The van der Waals surface area contributed by atoms with Gasteiger partial charge in [-0.1, -0.05) is 24.3 Å². The number of carbonyl (C=O) groups excluding carboxylic acids is 6. The molecule has 0 saturated carbocycles. The number of esters is 6. The molecule has 0 heterocycles. The fourth-order valence-corrected chi connectivity index (χ4v) is 3.34. The Bertz CT molecular complexity index is 1370. The van der Waals surface area contributed by atoms with Gasteiger partial charge in [0.2, 0.25) is 0 Å². The largest absolute Gasteiger partial charge is 0.466 e. The fourth-order valence-electron chi connectivity index (χ4n) is 3.34. The Kier molecular flexibility index (Phi) is 15.2. The van der Waals surface area contributed by atoms with Crippen LogP contribution in [0.2, 0.25) is 0 Å². The number of carbonyl (C=O) groups is 6. The van der Waals surface area contributed by atoms with Gasteiger partial charge in [0, 0.05) is 0 Å². The Morgan fingerprint density at radius 3 is 1.96 bits per heavy atom. The van der Waals surface area contributed by atoms with Crippen molar-refractivity contribution in [3.05, 3.63) is 52.1 Å². The highest BCUT2D eigenvalue weighted by Gasteiger charge is 2.19. The minimum absolute atomic E-state index is 0.00366. The Balaban J connectivity index is 1.74. The van der Waals surface area contributed by atoms with Gasteiger partial charge in [-0.2, -0.15) is 0 Å². The highest BCUT2D eigenvalue weighted by molar-refractivity contribution is 5.88. The van der Waals surface area contributed by atoms with Gasteiger partial charge in [-0.25, -0.2) is 24.0 Å². The fraction of sp³-hybridized carbons (Fsp3) is 0.429. The van der Waals surface area contributed by atoms with Crippen molar-refractivity contribution in [3.8, 4) is 5.75 Å². The van der Waals surface area contributed by atoms with Gasteiger partial charge in [-0.3, -0.25) is 4.79 Å². The summed E-state index contributed by atoms with van der Waals surface area (Å²) in [7, 11) is 1.12. The summed E-state index contributed by atoms with van der Waals surface area (Å²) in [6, 6.07) is 9.79. The lowest BCUT2D eigenvalue weighted by atomic mass is 9.98. The molecule has 45 heavy (non-hydrogen) atoms. The van der Waals surface area contributed by atoms with Crippen LogP contribution >= 0.6 is 0 Å². The number of fused-ring (bicyclic) bond motifs is 1. The zero-order valence-electron chi connectivity index (χ0n) is 24.4. The summed E-state index contributed by atoms with van der Waals surface area (Å²) in [5.74, 6) is -5.46. The van der Waals surface area contributed by atoms with E-state index in [4.69, 9.17) is 23.7 Å². The molecule has 2 aromatic rings. The van der Waals surface area contributed by atoms with E-state index in [2.05, 4.69) is 14.3 Å². The summed E-state index contributed by atoms with van der Waals surface area (Å²) >= 11 is 0. The summed E-state index contributed by atoms with van der Waals surface area (Å²) in [5, 5.41) is 10.5. The molecule has 0 spiro atoms. The lowest BCUT2D eigenvalue weighted by Gasteiger charge is -2.13. The zero-order valence-corrected chi connectivity index (χ0v) is 24.4. The van der Waals surface area contributed by atoms with Crippen molar-refractivity contribution in [3.63, 3.8) is 0 Å². The van der Waals surface area contributed by atoms with Gasteiger partial charge in [0.25, 0.3) is 5.09 Å². The van der Waals surface area contributed by atoms with E-state index >= 15 is 0 Å². The first-order valence-electron chi connectivity index (χ1n) is 13.3. The van der Waals surface area contributed by atoms with Crippen LogP contribution in [0.25, 0.3) is 10.8 Å². The van der Waals surface area contributed by atoms with Crippen molar-refractivity contribution < 1.29 is 71.8 Å².